The summed E-state index contributed by atoms with van der Waals surface area (Å²) in [6.45, 7) is 2.31. The minimum Gasteiger partial charge on any atom is -0.494 e. The standard InChI is InChI=1S/C31H26N2O5/c1-30-12-13-31(38-30,14-15-37-20-8-9-22-18(16-20)7-11-25(22)34)27-26(30)28(35)33(29(27)36)24-10-6-19(17-32)21-4-2-3-5-23(21)24/h2-6,8-10,16,35-36H,7,11-15H2,1H3/t30-,31-/m1/s1. The molecular weight excluding hydrogens is 480 g/mol. The second kappa shape index (κ2) is 7.86. The molecule has 3 aliphatic rings. The van der Waals surface area contributed by atoms with Crippen LogP contribution in [0.15, 0.2) is 54.6 Å². The Morgan fingerprint density at radius 2 is 1.82 bits per heavy atom. The summed E-state index contributed by atoms with van der Waals surface area (Å²) in [6, 6.07) is 18.8. The summed E-state index contributed by atoms with van der Waals surface area (Å²) in [4.78, 5) is 11.9. The predicted molar refractivity (Wildman–Crippen MR) is 140 cm³/mol. The minimum atomic E-state index is -0.786. The largest absolute Gasteiger partial charge is 0.494 e. The molecule has 2 aliphatic heterocycles. The highest BCUT2D eigenvalue weighted by Gasteiger charge is 2.61. The highest BCUT2D eigenvalue weighted by Crippen LogP contribution is 2.65. The number of hydrogen-bond acceptors (Lipinski definition) is 6. The Morgan fingerprint density at radius 1 is 1.03 bits per heavy atom. The molecule has 38 heavy (non-hydrogen) atoms. The van der Waals surface area contributed by atoms with Crippen molar-refractivity contribution in [1.82, 2.24) is 4.57 Å². The summed E-state index contributed by atoms with van der Waals surface area (Å²) >= 11 is 0. The summed E-state index contributed by atoms with van der Waals surface area (Å²) in [7, 11) is 0. The van der Waals surface area contributed by atoms with Crippen LogP contribution in [0.25, 0.3) is 16.5 Å². The molecule has 2 bridgehead atoms. The van der Waals surface area contributed by atoms with E-state index in [-0.39, 0.29) is 17.5 Å². The number of carbonyl (C=O) groups is 1. The molecule has 0 spiro atoms. The number of carbonyl (C=O) groups excluding carboxylic acids is 1. The molecular formula is C31H26N2O5. The van der Waals surface area contributed by atoms with Gasteiger partial charge in [-0.05, 0) is 62.1 Å². The summed E-state index contributed by atoms with van der Waals surface area (Å²) < 4.78 is 14.1. The van der Waals surface area contributed by atoms with Crippen LogP contribution in [0, 0.1) is 11.3 Å². The fraction of sp³-hybridized carbons (Fsp3) is 0.290. The Kier molecular flexibility index (Phi) is 4.73. The molecule has 0 amide bonds. The van der Waals surface area contributed by atoms with Crippen molar-refractivity contribution in [2.45, 2.75) is 50.2 Å². The van der Waals surface area contributed by atoms with Crippen LogP contribution < -0.4 is 4.74 Å². The molecule has 3 aromatic carbocycles. The van der Waals surface area contributed by atoms with Gasteiger partial charge >= 0.3 is 0 Å². The van der Waals surface area contributed by atoms with Crippen molar-refractivity contribution < 1.29 is 24.5 Å². The van der Waals surface area contributed by atoms with Crippen molar-refractivity contribution >= 4 is 16.6 Å². The number of nitrogens with zero attached hydrogens (tertiary/aromatic N) is 2. The van der Waals surface area contributed by atoms with Crippen molar-refractivity contribution in [2.24, 2.45) is 0 Å². The van der Waals surface area contributed by atoms with Gasteiger partial charge in [-0.15, -0.1) is 0 Å². The lowest BCUT2D eigenvalue weighted by atomic mass is 9.78. The van der Waals surface area contributed by atoms with Crippen molar-refractivity contribution in [1.29, 1.82) is 5.26 Å². The maximum atomic E-state index is 11.9. The zero-order valence-corrected chi connectivity index (χ0v) is 21.0. The second-order valence-electron chi connectivity index (χ2n) is 10.7. The number of aromatic hydroxyl groups is 2. The number of aryl methyl sites for hydroxylation is 1. The van der Waals surface area contributed by atoms with Gasteiger partial charge in [-0.3, -0.25) is 9.36 Å². The van der Waals surface area contributed by atoms with E-state index in [0.29, 0.717) is 60.4 Å². The molecule has 1 aliphatic carbocycles. The summed E-state index contributed by atoms with van der Waals surface area (Å²) in [5, 5.41) is 34.2. The average Bonchev–Trinajstić information content (AvgIpc) is 3.62. The van der Waals surface area contributed by atoms with Crippen molar-refractivity contribution in [3.63, 3.8) is 0 Å². The first-order valence-electron chi connectivity index (χ1n) is 12.9. The summed E-state index contributed by atoms with van der Waals surface area (Å²) in [5.74, 6) is 0.799. The van der Waals surface area contributed by atoms with E-state index < -0.39 is 11.2 Å². The minimum absolute atomic E-state index is 0.0411. The molecule has 0 unspecified atom stereocenters. The van der Waals surface area contributed by atoms with Gasteiger partial charge in [0.2, 0.25) is 11.8 Å². The molecule has 2 N–H and O–H groups in total. The summed E-state index contributed by atoms with van der Waals surface area (Å²) in [5.41, 5.74) is 2.65. The van der Waals surface area contributed by atoms with E-state index in [1.807, 2.05) is 49.4 Å². The average molecular weight is 507 g/mol. The Labute approximate surface area is 219 Å². The van der Waals surface area contributed by atoms with Gasteiger partial charge in [0.05, 0.1) is 40.7 Å². The highest BCUT2D eigenvalue weighted by molar-refractivity contribution is 6.00. The van der Waals surface area contributed by atoms with Crippen LogP contribution in [-0.4, -0.2) is 27.2 Å². The molecule has 1 saturated heterocycles. The highest BCUT2D eigenvalue weighted by atomic mass is 16.5. The Hall–Kier alpha value is -4.28. The van der Waals surface area contributed by atoms with Crippen LogP contribution in [0.5, 0.6) is 17.5 Å². The van der Waals surface area contributed by atoms with E-state index in [0.717, 1.165) is 28.3 Å². The molecule has 0 radical (unpaired) electrons. The quantitative estimate of drug-likeness (QED) is 0.357. The van der Waals surface area contributed by atoms with Gasteiger partial charge in [0.25, 0.3) is 0 Å². The van der Waals surface area contributed by atoms with Crippen molar-refractivity contribution in [3.8, 4) is 29.3 Å². The third-order valence-corrected chi connectivity index (χ3v) is 8.57. The number of ether oxygens (including phenoxy) is 2. The number of fused-ring (bicyclic) bond motifs is 7. The SMILES string of the molecule is C[C@]12CC[C@](CCOc3ccc4c(c3)CCC4=O)(O1)c1c2c(O)n(-c2ccc(C#N)c3ccccc23)c1O. The molecule has 7 rings (SSSR count). The molecule has 1 fully saturated rings. The first-order valence-corrected chi connectivity index (χ1v) is 12.9. The zero-order valence-electron chi connectivity index (χ0n) is 21.0. The van der Waals surface area contributed by atoms with Gasteiger partial charge in [-0.25, -0.2) is 0 Å². The number of aromatic nitrogens is 1. The lowest BCUT2D eigenvalue weighted by molar-refractivity contribution is -0.0876. The Balaban J connectivity index is 1.26. The number of rotatable bonds is 5. The van der Waals surface area contributed by atoms with Crippen LogP contribution in [0.4, 0.5) is 0 Å². The van der Waals surface area contributed by atoms with E-state index in [9.17, 15) is 20.3 Å². The van der Waals surface area contributed by atoms with E-state index >= 15 is 0 Å². The third kappa shape index (κ3) is 3.01. The van der Waals surface area contributed by atoms with Gasteiger partial charge < -0.3 is 19.7 Å². The number of ketones is 1. The predicted octanol–water partition coefficient (Wildman–Crippen LogP) is 5.75. The first-order chi connectivity index (χ1) is 18.3. The molecule has 190 valence electrons. The lowest BCUT2D eigenvalue weighted by Gasteiger charge is -2.26. The van der Waals surface area contributed by atoms with E-state index in [1.54, 1.807) is 12.1 Å². The van der Waals surface area contributed by atoms with Crippen molar-refractivity contribution in [2.75, 3.05) is 6.61 Å². The number of benzene rings is 3. The summed E-state index contributed by atoms with van der Waals surface area (Å²) in [6.07, 6.45) is 3.20. The van der Waals surface area contributed by atoms with Gasteiger partial charge in [0.1, 0.15) is 11.4 Å². The second-order valence-corrected chi connectivity index (χ2v) is 10.7. The number of Topliss-reactive ketones (excluding diaryl/α,β-unsaturated/α-hetero) is 1. The molecule has 7 heteroatoms. The van der Waals surface area contributed by atoms with Gasteiger partial charge in [-0.2, -0.15) is 5.26 Å². The van der Waals surface area contributed by atoms with Crippen LogP contribution in [0.1, 0.15) is 65.2 Å². The fourth-order valence-electron chi connectivity index (χ4n) is 6.77. The first kappa shape index (κ1) is 22.9. The van der Waals surface area contributed by atoms with Crippen molar-refractivity contribution in [3.05, 3.63) is 82.4 Å². The van der Waals surface area contributed by atoms with E-state index in [2.05, 4.69) is 6.07 Å². The van der Waals surface area contributed by atoms with E-state index in [4.69, 9.17) is 9.47 Å². The van der Waals surface area contributed by atoms with Crippen LogP contribution in [0.3, 0.4) is 0 Å². The fourth-order valence-corrected chi connectivity index (χ4v) is 6.77. The molecule has 3 heterocycles. The molecule has 1 aromatic heterocycles. The normalized spacial score (nSPS) is 23.0. The maximum absolute atomic E-state index is 11.9. The topological polar surface area (TPSA) is 105 Å². The van der Waals surface area contributed by atoms with Gasteiger partial charge in [0.15, 0.2) is 5.78 Å². The van der Waals surface area contributed by atoms with Gasteiger partial charge in [-0.1, -0.05) is 24.3 Å². The molecule has 2 atom stereocenters. The third-order valence-electron chi connectivity index (χ3n) is 8.57. The van der Waals surface area contributed by atoms with Crippen LogP contribution >= 0.6 is 0 Å². The molecule has 4 aromatic rings. The van der Waals surface area contributed by atoms with E-state index in [1.165, 1.54) is 4.57 Å². The van der Waals surface area contributed by atoms with Gasteiger partial charge in [0, 0.05) is 29.2 Å². The van der Waals surface area contributed by atoms with Crippen LogP contribution in [-0.2, 0) is 22.4 Å². The smallest absolute Gasteiger partial charge is 0.205 e. The molecule has 7 nitrogen and oxygen atoms in total. The zero-order chi connectivity index (χ0) is 26.2. The maximum Gasteiger partial charge on any atom is 0.205 e. The van der Waals surface area contributed by atoms with Crippen LogP contribution in [0.2, 0.25) is 0 Å². The monoisotopic (exact) mass is 506 g/mol. The lowest BCUT2D eigenvalue weighted by Crippen LogP contribution is -2.25. The Morgan fingerprint density at radius 3 is 2.63 bits per heavy atom. The molecule has 0 saturated carbocycles. The number of nitriles is 1. The number of hydrogen-bond donors (Lipinski definition) is 2. The Bertz CT molecular complexity index is 1710.